The third-order valence-electron chi connectivity index (χ3n) is 3.70. The van der Waals surface area contributed by atoms with Gasteiger partial charge in [-0.3, -0.25) is 0 Å². The third kappa shape index (κ3) is 7.44. The zero-order chi connectivity index (χ0) is 14.3. The van der Waals surface area contributed by atoms with Crippen LogP contribution < -0.4 is 5.32 Å². The molecule has 0 radical (unpaired) electrons. The molecule has 1 atom stereocenters. The number of alkyl carbamates (subject to hydrolysis) is 1. The lowest BCUT2D eigenvalue weighted by Gasteiger charge is -2.28. The minimum atomic E-state index is -0.411. The van der Waals surface area contributed by atoms with Crippen molar-refractivity contribution in [3.63, 3.8) is 0 Å². The van der Waals surface area contributed by atoms with Crippen molar-refractivity contribution in [2.75, 3.05) is 0 Å². The molecule has 1 saturated carbocycles. The topological polar surface area (TPSA) is 38.3 Å². The summed E-state index contributed by atoms with van der Waals surface area (Å²) in [6.45, 7) is 7.89. The summed E-state index contributed by atoms with van der Waals surface area (Å²) in [4.78, 5) is 11.9. The van der Waals surface area contributed by atoms with Crippen molar-refractivity contribution in [3.05, 3.63) is 0 Å². The molecule has 0 bridgehead atoms. The molecule has 19 heavy (non-hydrogen) atoms. The lowest BCUT2D eigenvalue weighted by atomic mass is 9.84. The maximum Gasteiger partial charge on any atom is 0.407 e. The summed E-state index contributed by atoms with van der Waals surface area (Å²) in [5.41, 5.74) is -0.411. The van der Waals surface area contributed by atoms with Crippen LogP contribution in [0, 0.1) is 5.92 Å². The Morgan fingerprint density at radius 1 is 1.26 bits per heavy atom. The van der Waals surface area contributed by atoms with Crippen LogP contribution in [0.25, 0.3) is 0 Å². The summed E-state index contributed by atoms with van der Waals surface area (Å²) in [6.07, 6.45) is 9.77. The number of amides is 1. The smallest absolute Gasteiger partial charge is 0.407 e. The Morgan fingerprint density at radius 2 is 1.89 bits per heavy atom. The SMILES string of the molecule is CCCC(CC1CCCCC1)NC(=O)OC(C)(C)C. The molecule has 0 saturated heterocycles. The number of ether oxygens (including phenoxy) is 1. The van der Waals surface area contributed by atoms with Crippen molar-refractivity contribution in [3.8, 4) is 0 Å². The van der Waals surface area contributed by atoms with Crippen LogP contribution in [0.3, 0.4) is 0 Å². The third-order valence-corrected chi connectivity index (χ3v) is 3.70. The first-order chi connectivity index (χ1) is 8.90. The standard InChI is InChI=1S/C16H31NO2/c1-5-9-14(12-13-10-7-6-8-11-13)17-15(18)19-16(2,3)4/h13-14H,5-12H2,1-4H3,(H,17,18). The van der Waals surface area contributed by atoms with Crippen molar-refractivity contribution in [1.82, 2.24) is 5.32 Å². The molecule has 1 N–H and O–H groups in total. The molecule has 3 nitrogen and oxygen atoms in total. The van der Waals surface area contributed by atoms with E-state index in [4.69, 9.17) is 4.74 Å². The van der Waals surface area contributed by atoms with Crippen LogP contribution in [0.2, 0.25) is 0 Å². The predicted molar refractivity (Wildman–Crippen MR) is 79.3 cm³/mol. The molecule has 1 unspecified atom stereocenters. The van der Waals surface area contributed by atoms with Gasteiger partial charge in [-0.25, -0.2) is 4.79 Å². The molecular weight excluding hydrogens is 238 g/mol. The van der Waals surface area contributed by atoms with Crippen LogP contribution in [-0.4, -0.2) is 17.7 Å². The van der Waals surface area contributed by atoms with Crippen molar-refractivity contribution in [1.29, 1.82) is 0 Å². The number of carbonyl (C=O) groups is 1. The molecule has 1 amide bonds. The maximum absolute atomic E-state index is 11.9. The number of carbonyl (C=O) groups excluding carboxylic acids is 1. The summed E-state index contributed by atoms with van der Waals surface area (Å²) < 4.78 is 5.35. The molecule has 0 aliphatic heterocycles. The van der Waals surface area contributed by atoms with Gasteiger partial charge in [-0.1, -0.05) is 45.4 Å². The van der Waals surface area contributed by atoms with Gasteiger partial charge < -0.3 is 10.1 Å². The van der Waals surface area contributed by atoms with E-state index in [1.807, 2.05) is 20.8 Å². The van der Waals surface area contributed by atoms with E-state index >= 15 is 0 Å². The van der Waals surface area contributed by atoms with Crippen LogP contribution in [-0.2, 0) is 4.74 Å². The molecule has 1 rings (SSSR count). The summed E-state index contributed by atoms with van der Waals surface area (Å²) in [5.74, 6) is 0.792. The average molecular weight is 269 g/mol. The predicted octanol–water partition coefficient (Wildman–Crippen LogP) is 4.65. The van der Waals surface area contributed by atoms with E-state index in [0.717, 1.165) is 25.2 Å². The van der Waals surface area contributed by atoms with Gasteiger partial charge in [0, 0.05) is 6.04 Å². The monoisotopic (exact) mass is 269 g/mol. The normalized spacial score (nSPS) is 18.9. The van der Waals surface area contributed by atoms with Gasteiger partial charge in [-0.15, -0.1) is 0 Å². The summed E-state index contributed by atoms with van der Waals surface area (Å²) in [6, 6.07) is 0.281. The first-order valence-corrected chi connectivity index (χ1v) is 7.90. The molecule has 0 spiro atoms. The van der Waals surface area contributed by atoms with E-state index in [-0.39, 0.29) is 12.1 Å². The summed E-state index contributed by atoms with van der Waals surface area (Å²) in [7, 11) is 0. The zero-order valence-corrected chi connectivity index (χ0v) is 13.1. The Morgan fingerprint density at radius 3 is 2.42 bits per heavy atom. The van der Waals surface area contributed by atoms with Crippen LogP contribution in [0.1, 0.15) is 79.1 Å². The highest BCUT2D eigenvalue weighted by molar-refractivity contribution is 5.68. The van der Waals surface area contributed by atoms with E-state index in [2.05, 4.69) is 12.2 Å². The number of hydrogen-bond acceptors (Lipinski definition) is 2. The molecule has 3 heteroatoms. The van der Waals surface area contributed by atoms with Crippen molar-refractivity contribution in [2.45, 2.75) is 90.7 Å². The average Bonchev–Trinajstić information content (AvgIpc) is 2.27. The molecule has 1 aliphatic rings. The van der Waals surface area contributed by atoms with Gasteiger partial charge in [0.05, 0.1) is 0 Å². The first kappa shape index (κ1) is 16.3. The van der Waals surface area contributed by atoms with E-state index < -0.39 is 5.60 Å². The molecule has 0 heterocycles. The highest BCUT2D eigenvalue weighted by Crippen LogP contribution is 2.28. The summed E-state index contributed by atoms with van der Waals surface area (Å²) in [5, 5.41) is 3.06. The van der Waals surface area contributed by atoms with Gasteiger partial charge in [-0.2, -0.15) is 0 Å². The molecule has 0 aromatic carbocycles. The van der Waals surface area contributed by atoms with Crippen molar-refractivity contribution in [2.24, 2.45) is 5.92 Å². The fourth-order valence-corrected chi connectivity index (χ4v) is 2.90. The van der Waals surface area contributed by atoms with Gasteiger partial charge >= 0.3 is 6.09 Å². The fraction of sp³-hybridized carbons (Fsp3) is 0.938. The molecule has 112 valence electrons. The quantitative estimate of drug-likeness (QED) is 0.789. The van der Waals surface area contributed by atoms with Crippen LogP contribution in [0.5, 0.6) is 0 Å². The van der Waals surface area contributed by atoms with Crippen molar-refractivity contribution >= 4 is 6.09 Å². The lowest BCUT2D eigenvalue weighted by Crippen LogP contribution is -2.40. The Balaban J connectivity index is 2.40. The maximum atomic E-state index is 11.9. The minimum Gasteiger partial charge on any atom is -0.444 e. The highest BCUT2D eigenvalue weighted by atomic mass is 16.6. The molecule has 1 fully saturated rings. The van der Waals surface area contributed by atoms with E-state index in [1.165, 1.54) is 32.1 Å². The van der Waals surface area contributed by atoms with Crippen LogP contribution >= 0.6 is 0 Å². The Bertz CT molecular complexity index is 264. The Labute approximate surface area is 118 Å². The van der Waals surface area contributed by atoms with Gasteiger partial charge in [0.25, 0.3) is 0 Å². The molecule has 1 aliphatic carbocycles. The zero-order valence-electron chi connectivity index (χ0n) is 13.1. The fourth-order valence-electron chi connectivity index (χ4n) is 2.90. The lowest BCUT2D eigenvalue weighted by molar-refractivity contribution is 0.0492. The molecular formula is C16H31NO2. The second-order valence-electron chi connectivity index (χ2n) is 6.87. The molecule has 0 aromatic rings. The van der Waals surface area contributed by atoms with E-state index in [9.17, 15) is 4.79 Å². The van der Waals surface area contributed by atoms with Gasteiger partial charge in [-0.05, 0) is 39.5 Å². The Kier molecular flexibility index (Phi) is 6.67. The van der Waals surface area contributed by atoms with Crippen LogP contribution in [0.4, 0.5) is 4.79 Å². The minimum absolute atomic E-state index is 0.262. The second kappa shape index (κ2) is 7.76. The molecule has 0 aromatic heterocycles. The number of rotatable bonds is 5. The first-order valence-electron chi connectivity index (χ1n) is 7.90. The summed E-state index contributed by atoms with van der Waals surface area (Å²) >= 11 is 0. The second-order valence-corrected chi connectivity index (χ2v) is 6.87. The van der Waals surface area contributed by atoms with Gasteiger partial charge in [0.15, 0.2) is 0 Å². The number of nitrogens with one attached hydrogen (secondary N) is 1. The van der Waals surface area contributed by atoms with Gasteiger partial charge in [0.2, 0.25) is 0 Å². The van der Waals surface area contributed by atoms with Gasteiger partial charge in [0.1, 0.15) is 5.60 Å². The van der Waals surface area contributed by atoms with E-state index in [1.54, 1.807) is 0 Å². The van der Waals surface area contributed by atoms with Crippen LogP contribution in [0.15, 0.2) is 0 Å². The Hall–Kier alpha value is -0.730. The van der Waals surface area contributed by atoms with E-state index in [0.29, 0.717) is 0 Å². The number of hydrogen-bond donors (Lipinski definition) is 1. The van der Waals surface area contributed by atoms with Crippen molar-refractivity contribution < 1.29 is 9.53 Å². The largest absolute Gasteiger partial charge is 0.444 e. The highest BCUT2D eigenvalue weighted by Gasteiger charge is 2.22.